The van der Waals surface area contributed by atoms with Crippen molar-refractivity contribution in [3.05, 3.63) is 40.7 Å². The van der Waals surface area contributed by atoms with Crippen LogP contribution in [0.2, 0.25) is 0 Å². The van der Waals surface area contributed by atoms with E-state index >= 15 is 0 Å². The summed E-state index contributed by atoms with van der Waals surface area (Å²) in [6.45, 7) is 6.38. The molecule has 1 aliphatic heterocycles. The van der Waals surface area contributed by atoms with Gasteiger partial charge in [-0.2, -0.15) is 10.4 Å². The summed E-state index contributed by atoms with van der Waals surface area (Å²) in [5, 5.41) is 17.3. The highest BCUT2D eigenvalue weighted by Crippen LogP contribution is 2.24. The van der Waals surface area contributed by atoms with E-state index in [1.165, 1.54) is 0 Å². The minimum atomic E-state index is -0.490. The lowest BCUT2D eigenvalue weighted by molar-refractivity contribution is 0.0999. The van der Waals surface area contributed by atoms with Crippen LogP contribution in [0.4, 0.5) is 11.6 Å². The zero-order chi connectivity index (χ0) is 18.0. The maximum absolute atomic E-state index is 11.9. The van der Waals surface area contributed by atoms with Gasteiger partial charge in [-0.1, -0.05) is 6.07 Å². The van der Waals surface area contributed by atoms with Crippen LogP contribution >= 0.6 is 0 Å². The quantitative estimate of drug-likeness (QED) is 0.881. The van der Waals surface area contributed by atoms with Crippen LogP contribution in [0, 0.1) is 25.2 Å². The number of nitrogens with zero attached hydrogens (tertiary/aromatic N) is 6. The number of pyridine rings is 1. The van der Waals surface area contributed by atoms with Crippen molar-refractivity contribution in [2.45, 2.75) is 13.8 Å². The van der Waals surface area contributed by atoms with Crippen molar-refractivity contribution in [2.24, 2.45) is 5.73 Å². The molecule has 8 heteroatoms. The molecule has 25 heavy (non-hydrogen) atoms. The second-order valence-electron chi connectivity index (χ2n) is 5.94. The van der Waals surface area contributed by atoms with E-state index in [-0.39, 0.29) is 0 Å². The molecule has 0 unspecified atom stereocenters. The van der Waals surface area contributed by atoms with Crippen LogP contribution in [0.5, 0.6) is 0 Å². The molecule has 0 radical (unpaired) electrons. The predicted molar refractivity (Wildman–Crippen MR) is 93.4 cm³/mol. The van der Waals surface area contributed by atoms with Gasteiger partial charge in [-0.05, 0) is 31.5 Å². The van der Waals surface area contributed by atoms with Crippen LogP contribution in [-0.2, 0) is 0 Å². The average molecular weight is 337 g/mol. The Labute approximate surface area is 145 Å². The Morgan fingerprint density at radius 2 is 1.84 bits per heavy atom. The van der Waals surface area contributed by atoms with E-state index < -0.39 is 5.91 Å². The smallest absolute Gasteiger partial charge is 0.252 e. The van der Waals surface area contributed by atoms with Gasteiger partial charge in [0.15, 0.2) is 5.82 Å². The van der Waals surface area contributed by atoms with Crippen molar-refractivity contribution >= 4 is 17.5 Å². The summed E-state index contributed by atoms with van der Waals surface area (Å²) in [5.74, 6) is 0.824. The van der Waals surface area contributed by atoms with Gasteiger partial charge in [-0.25, -0.2) is 4.98 Å². The molecule has 3 heterocycles. The number of primary amides is 1. The third-order valence-corrected chi connectivity index (χ3v) is 4.43. The van der Waals surface area contributed by atoms with E-state index in [1.807, 2.05) is 30.9 Å². The van der Waals surface area contributed by atoms with Crippen molar-refractivity contribution in [3.63, 3.8) is 0 Å². The van der Waals surface area contributed by atoms with Gasteiger partial charge in [0.25, 0.3) is 5.91 Å². The van der Waals surface area contributed by atoms with E-state index in [0.29, 0.717) is 48.9 Å². The Balaban J connectivity index is 1.80. The average Bonchev–Trinajstić information content (AvgIpc) is 2.63. The molecule has 3 rings (SSSR count). The van der Waals surface area contributed by atoms with Crippen LogP contribution < -0.4 is 15.5 Å². The Morgan fingerprint density at radius 3 is 2.48 bits per heavy atom. The molecule has 0 bridgehead atoms. The summed E-state index contributed by atoms with van der Waals surface area (Å²) in [6, 6.07) is 7.46. The lowest BCUT2D eigenvalue weighted by Gasteiger charge is -2.36. The molecule has 1 saturated heterocycles. The number of aryl methyl sites for hydroxylation is 1. The lowest BCUT2D eigenvalue weighted by atomic mass is 10.1. The summed E-state index contributed by atoms with van der Waals surface area (Å²) >= 11 is 0. The third kappa shape index (κ3) is 3.21. The Kier molecular flexibility index (Phi) is 4.48. The Bertz CT molecular complexity index is 851. The maximum atomic E-state index is 11.9. The van der Waals surface area contributed by atoms with Gasteiger partial charge < -0.3 is 15.5 Å². The molecule has 0 aliphatic carbocycles. The first-order valence-corrected chi connectivity index (χ1v) is 8.02. The van der Waals surface area contributed by atoms with E-state index in [2.05, 4.69) is 26.2 Å². The number of nitriles is 1. The van der Waals surface area contributed by atoms with Gasteiger partial charge in [0.2, 0.25) is 0 Å². The fourth-order valence-electron chi connectivity index (χ4n) is 2.92. The number of aromatic nitrogens is 3. The van der Waals surface area contributed by atoms with Crippen LogP contribution in [0.25, 0.3) is 0 Å². The molecule has 128 valence electrons. The van der Waals surface area contributed by atoms with Crippen LogP contribution in [-0.4, -0.2) is 47.3 Å². The van der Waals surface area contributed by atoms with Gasteiger partial charge in [-0.3, -0.25) is 4.79 Å². The minimum Gasteiger partial charge on any atom is -0.365 e. The highest BCUT2D eigenvalue weighted by molar-refractivity contribution is 5.99. The number of carbonyl (C=O) groups is 1. The van der Waals surface area contributed by atoms with Crippen molar-refractivity contribution < 1.29 is 4.79 Å². The standard InChI is InChI=1S/C17H19N7O/c1-11-12(2)21-22-17(15(11)16(19)25)24-8-6-23(7-9-24)14-5-3-4-13(10-18)20-14/h3-5H,6-9H2,1-2H3,(H2,19,25). The van der Waals surface area contributed by atoms with Gasteiger partial charge in [0.1, 0.15) is 17.6 Å². The second kappa shape index (κ2) is 6.73. The predicted octanol–water partition coefficient (Wildman–Crippen LogP) is 0.786. The normalized spacial score (nSPS) is 14.3. The summed E-state index contributed by atoms with van der Waals surface area (Å²) in [4.78, 5) is 20.3. The Morgan fingerprint density at radius 1 is 1.16 bits per heavy atom. The van der Waals surface area contributed by atoms with Crippen molar-refractivity contribution in [3.8, 4) is 6.07 Å². The molecule has 0 aromatic carbocycles. The molecule has 8 nitrogen and oxygen atoms in total. The van der Waals surface area contributed by atoms with E-state index in [4.69, 9.17) is 11.0 Å². The SMILES string of the molecule is Cc1nnc(N2CCN(c3cccc(C#N)n3)CC2)c(C(N)=O)c1C. The highest BCUT2D eigenvalue weighted by Gasteiger charge is 2.25. The number of hydrogen-bond donors (Lipinski definition) is 1. The van der Waals surface area contributed by atoms with Gasteiger partial charge >= 0.3 is 0 Å². The highest BCUT2D eigenvalue weighted by atomic mass is 16.1. The van der Waals surface area contributed by atoms with Gasteiger partial charge in [-0.15, -0.1) is 5.10 Å². The van der Waals surface area contributed by atoms with E-state index in [9.17, 15) is 4.79 Å². The number of hydrogen-bond acceptors (Lipinski definition) is 7. The minimum absolute atomic E-state index is 0.399. The molecular weight excluding hydrogens is 318 g/mol. The zero-order valence-corrected chi connectivity index (χ0v) is 14.2. The summed E-state index contributed by atoms with van der Waals surface area (Å²) < 4.78 is 0. The van der Waals surface area contributed by atoms with Crippen molar-refractivity contribution in [1.82, 2.24) is 15.2 Å². The van der Waals surface area contributed by atoms with Gasteiger partial charge in [0, 0.05) is 26.2 Å². The monoisotopic (exact) mass is 337 g/mol. The topological polar surface area (TPSA) is 112 Å². The molecule has 2 aromatic rings. The van der Waals surface area contributed by atoms with E-state index in [0.717, 1.165) is 11.4 Å². The van der Waals surface area contributed by atoms with Gasteiger partial charge in [0.05, 0.1) is 11.3 Å². The second-order valence-corrected chi connectivity index (χ2v) is 5.94. The molecular formula is C17H19N7O. The number of rotatable bonds is 3. The first-order chi connectivity index (χ1) is 12.0. The first kappa shape index (κ1) is 16.6. The summed E-state index contributed by atoms with van der Waals surface area (Å²) in [5.41, 5.74) is 7.86. The van der Waals surface area contributed by atoms with Crippen LogP contribution in [0.1, 0.15) is 27.3 Å². The molecule has 1 fully saturated rings. The maximum Gasteiger partial charge on any atom is 0.252 e. The number of nitrogens with two attached hydrogens (primary N) is 1. The van der Waals surface area contributed by atoms with Crippen molar-refractivity contribution in [1.29, 1.82) is 5.26 Å². The largest absolute Gasteiger partial charge is 0.365 e. The fraction of sp³-hybridized carbons (Fsp3) is 0.353. The Hall–Kier alpha value is -3.21. The third-order valence-electron chi connectivity index (χ3n) is 4.43. The van der Waals surface area contributed by atoms with Crippen LogP contribution in [0.15, 0.2) is 18.2 Å². The van der Waals surface area contributed by atoms with Crippen molar-refractivity contribution in [2.75, 3.05) is 36.0 Å². The first-order valence-electron chi connectivity index (χ1n) is 8.02. The summed E-state index contributed by atoms with van der Waals surface area (Å²) in [7, 11) is 0. The molecule has 0 atom stereocenters. The molecule has 2 aromatic heterocycles. The van der Waals surface area contributed by atoms with E-state index in [1.54, 1.807) is 6.07 Å². The number of carbonyl (C=O) groups excluding carboxylic acids is 1. The summed E-state index contributed by atoms with van der Waals surface area (Å²) in [6.07, 6.45) is 0. The zero-order valence-electron chi connectivity index (χ0n) is 14.2. The number of anilines is 2. The molecule has 2 N–H and O–H groups in total. The number of amides is 1. The fourth-order valence-corrected chi connectivity index (χ4v) is 2.92. The molecule has 1 aliphatic rings. The lowest BCUT2D eigenvalue weighted by Crippen LogP contribution is -2.48. The molecule has 1 amide bonds. The number of piperazine rings is 1. The molecule has 0 spiro atoms. The van der Waals surface area contributed by atoms with Crippen LogP contribution in [0.3, 0.4) is 0 Å². The molecule has 0 saturated carbocycles.